The molecule has 1 aromatic rings. The maximum Gasteiger partial charge on any atom is 0.123 e. The Morgan fingerprint density at radius 1 is 1.39 bits per heavy atom. The summed E-state index contributed by atoms with van der Waals surface area (Å²) in [4.78, 5) is 0. The third-order valence-electron chi connectivity index (χ3n) is 2.41. The highest BCUT2D eigenvalue weighted by molar-refractivity contribution is 7.99. The molecule has 0 bridgehead atoms. The minimum absolute atomic E-state index is 0.451. The lowest BCUT2D eigenvalue weighted by Gasteiger charge is -2.14. The van der Waals surface area contributed by atoms with Gasteiger partial charge in [-0.05, 0) is 24.0 Å². The lowest BCUT2D eigenvalue weighted by molar-refractivity contribution is 0.338. The number of hydrogen-bond acceptors (Lipinski definition) is 3. The Balaban J connectivity index is 2.58. The minimum Gasteiger partial charge on any atom is -0.492 e. The molecule has 1 N–H and O–H groups in total. The van der Waals surface area contributed by atoms with Crippen LogP contribution in [0.25, 0.3) is 0 Å². The lowest BCUT2D eigenvalue weighted by Crippen LogP contribution is -2.22. The van der Waals surface area contributed by atoms with E-state index in [1.165, 1.54) is 0 Å². The Morgan fingerprint density at radius 3 is 2.83 bits per heavy atom. The molecule has 0 spiro atoms. The van der Waals surface area contributed by atoms with E-state index in [9.17, 15) is 0 Å². The summed E-state index contributed by atoms with van der Waals surface area (Å²) in [6.07, 6.45) is 0. The van der Waals surface area contributed by atoms with Gasteiger partial charge in [-0.3, -0.25) is 0 Å². The van der Waals surface area contributed by atoms with E-state index in [2.05, 4.69) is 26.1 Å². The minimum atomic E-state index is 0.451. The van der Waals surface area contributed by atoms with Gasteiger partial charge >= 0.3 is 0 Å². The van der Waals surface area contributed by atoms with E-state index in [0.29, 0.717) is 6.04 Å². The van der Waals surface area contributed by atoms with Crippen LogP contribution in [0.15, 0.2) is 18.2 Å². The first kappa shape index (κ1) is 15.7. The Hall–Kier alpha value is -0.380. The second-order valence-corrected chi connectivity index (χ2v) is 6.16. The zero-order valence-electron chi connectivity index (χ0n) is 11.3. The number of hydrogen-bond donors (Lipinski definition) is 1. The van der Waals surface area contributed by atoms with E-state index in [4.69, 9.17) is 16.3 Å². The van der Waals surface area contributed by atoms with Gasteiger partial charge in [0, 0.05) is 28.9 Å². The van der Waals surface area contributed by atoms with Crippen LogP contribution in [0, 0.1) is 0 Å². The molecule has 0 aliphatic rings. The highest BCUT2D eigenvalue weighted by Gasteiger charge is 2.05. The smallest absolute Gasteiger partial charge is 0.123 e. The van der Waals surface area contributed by atoms with Crippen LogP contribution in [0.4, 0.5) is 0 Å². The highest BCUT2D eigenvalue weighted by Crippen LogP contribution is 2.23. The maximum absolute atomic E-state index is 6.03. The molecule has 1 rings (SSSR count). The van der Waals surface area contributed by atoms with Crippen LogP contribution >= 0.6 is 23.4 Å². The van der Waals surface area contributed by atoms with Crippen molar-refractivity contribution in [2.45, 2.75) is 33.4 Å². The molecule has 0 fully saturated rings. The van der Waals surface area contributed by atoms with Gasteiger partial charge in [0.1, 0.15) is 5.75 Å². The van der Waals surface area contributed by atoms with Gasteiger partial charge in [0.05, 0.1) is 6.61 Å². The third-order valence-corrected chi connectivity index (χ3v) is 3.51. The average molecular weight is 288 g/mol. The number of halogens is 1. The molecule has 0 unspecified atom stereocenters. The molecule has 0 radical (unpaired) electrons. The van der Waals surface area contributed by atoms with Gasteiger partial charge in [-0.15, -0.1) is 0 Å². The summed E-state index contributed by atoms with van der Waals surface area (Å²) >= 11 is 7.92. The van der Waals surface area contributed by atoms with Crippen molar-refractivity contribution >= 4 is 23.4 Å². The van der Waals surface area contributed by atoms with Gasteiger partial charge in [0.25, 0.3) is 0 Å². The first-order valence-electron chi connectivity index (χ1n) is 6.35. The van der Waals surface area contributed by atoms with Crippen LogP contribution < -0.4 is 10.1 Å². The summed E-state index contributed by atoms with van der Waals surface area (Å²) < 4.78 is 5.81. The molecule has 0 aromatic heterocycles. The second kappa shape index (κ2) is 8.68. The quantitative estimate of drug-likeness (QED) is 0.731. The van der Waals surface area contributed by atoms with Crippen LogP contribution in [0.5, 0.6) is 5.75 Å². The Kier molecular flexibility index (Phi) is 7.56. The van der Waals surface area contributed by atoms with E-state index >= 15 is 0 Å². The summed E-state index contributed by atoms with van der Waals surface area (Å²) in [5, 5.41) is 4.14. The maximum atomic E-state index is 6.03. The van der Waals surface area contributed by atoms with Crippen LogP contribution in [0.1, 0.15) is 26.3 Å². The number of rotatable bonds is 8. The Labute approximate surface area is 119 Å². The summed E-state index contributed by atoms with van der Waals surface area (Å²) in [7, 11) is 0. The van der Waals surface area contributed by atoms with Crippen molar-refractivity contribution in [3.63, 3.8) is 0 Å². The van der Waals surface area contributed by atoms with Gasteiger partial charge in [0.2, 0.25) is 0 Å². The van der Waals surface area contributed by atoms with Crippen molar-refractivity contribution < 1.29 is 4.74 Å². The fourth-order valence-corrected chi connectivity index (χ4v) is 2.18. The standard InChI is InChI=1S/C14H22ClNOS/c1-4-18-8-7-17-14-6-5-13(15)9-12(14)10-16-11(2)3/h5-6,9,11,16H,4,7-8,10H2,1-3H3. The van der Waals surface area contributed by atoms with Gasteiger partial charge in [-0.25, -0.2) is 0 Å². The molecule has 0 aliphatic heterocycles. The fourth-order valence-electron chi connectivity index (χ4n) is 1.50. The molecule has 0 aliphatic carbocycles. The van der Waals surface area contributed by atoms with Crippen molar-refractivity contribution in [1.82, 2.24) is 5.32 Å². The van der Waals surface area contributed by atoms with Gasteiger partial charge in [-0.1, -0.05) is 32.4 Å². The summed E-state index contributed by atoms with van der Waals surface area (Å²) in [5.41, 5.74) is 1.12. The first-order valence-corrected chi connectivity index (χ1v) is 7.89. The molecule has 0 saturated carbocycles. The molecule has 1 aromatic carbocycles. The van der Waals surface area contributed by atoms with Crippen LogP contribution in [0.2, 0.25) is 5.02 Å². The molecule has 0 heterocycles. The summed E-state index contributed by atoms with van der Waals surface area (Å²) in [6.45, 7) is 7.94. The highest BCUT2D eigenvalue weighted by atomic mass is 35.5. The number of ether oxygens (including phenoxy) is 1. The molecular formula is C14H22ClNOS. The number of benzene rings is 1. The monoisotopic (exact) mass is 287 g/mol. The van der Waals surface area contributed by atoms with Crippen LogP contribution in [0.3, 0.4) is 0 Å². The van der Waals surface area contributed by atoms with Crippen molar-refractivity contribution in [2.24, 2.45) is 0 Å². The topological polar surface area (TPSA) is 21.3 Å². The van der Waals surface area contributed by atoms with E-state index in [1.807, 2.05) is 30.0 Å². The lowest BCUT2D eigenvalue weighted by atomic mass is 10.2. The van der Waals surface area contributed by atoms with Crippen molar-refractivity contribution in [3.8, 4) is 5.75 Å². The number of thioether (sulfide) groups is 1. The van der Waals surface area contributed by atoms with Crippen LogP contribution in [-0.2, 0) is 6.54 Å². The van der Waals surface area contributed by atoms with Crippen molar-refractivity contribution in [2.75, 3.05) is 18.1 Å². The predicted octanol–water partition coefficient (Wildman–Crippen LogP) is 3.97. The number of nitrogens with one attached hydrogen (secondary N) is 1. The van der Waals surface area contributed by atoms with Gasteiger partial charge in [0.15, 0.2) is 0 Å². The fraction of sp³-hybridized carbons (Fsp3) is 0.571. The molecular weight excluding hydrogens is 266 g/mol. The Bertz CT molecular complexity index is 358. The normalized spacial score (nSPS) is 10.9. The molecule has 18 heavy (non-hydrogen) atoms. The predicted molar refractivity (Wildman–Crippen MR) is 81.9 cm³/mol. The molecule has 0 saturated heterocycles. The van der Waals surface area contributed by atoms with Crippen molar-refractivity contribution in [1.29, 1.82) is 0 Å². The average Bonchev–Trinajstić information content (AvgIpc) is 2.34. The zero-order chi connectivity index (χ0) is 13.4. The zero-order valence-corrected chi connectivity index (χ0v) is 12.9. The molecule has 0 amide bonds. The largest absolute Gasteiger partial charge is 0.492 e. The molecule has 0 atom stereocenters. The van der Waals surface area contributed by atoms with Gasteiger partial charge < -0.3 is 10.1 Å². The van der Waals surface area contributed by atoms with E-state index < -0.39 is 0 Å². The third kappa shape index (κ3) is 5.98. The summed E-state index contributed by atoms with van der Waals surface area (Å²) in [6, 6.07) is 6.26. The molecule has 102 valence electrons. The van der Waals surface area contributed by atoms with E-state index in [0.717, 1.165) is 41.0 Å². The van der Waals surface area contributed by atoms with E-state index in [-0.39, 0.29) is 0 Å². The molecule has 2 nitrogen and oxygen atoms in total. The van der Waals surface area contributed by atoms with Crippen molar-refractivity contribution in [3.05, 3.63) is 28.8 Å². The second-order valence-electron chi connectivity index (χ2n) is 4.33. The summed E-state index contributed by atoms with van der Waals surface area (Å²) in [5.74, 6) is 3.09. The SMILES string of the molecule is CCSCCOc1ccc(Cl)cc1CNC(C)C. The van der Waals surface area contributed by atoms with Crippen LogP contribution in [-0.4, -0.2) is 24.2 Å². The van der Waals surface area contributed by atoms with E-state index in [1.54, 1.807) is 0 Å². The van der Waals surface area contributed by atoms with Gasteiger partial charge in [-0.2, -0.15) is 11.8 Å². The first-order chi connectivity index (χ1) is 8.63. The Morgan fingerprint density at radius 2 is 2.17 bits per heavy atom. The molecule has 4 heteroatoms.